The van der Waals surface area contributed by atoms with E-state index in [0.29, 0.717) is 13.1 Å². The zero-order chi connectivity index (χ0) is 17.0. The van der Waals surface area contributed by atoms with Gasteiger partial charge in [-0.15, -0.1) is 0 Å². The maximum Gasteiger partial charge on any atom is 0.223 e. The standard InChI is InChI=1S/C18H26N2O3S/c21-18(19-11-5-1-2-6-12-19)10-14-24(22,23)20-13-9-16-7-3-4-8-17(16)15-20/h3-4,7-8H,1-2,5-6,9-15H2. The van der Waals surface area contributed by atoms with Crippen molar-refractivity contribution in [2.24, 2.45) is 0 Å². The fourth-order valence-corrected chi connectivity index (χ4v) is 4.93. The van der Waals surface area contributed by atoms with E-state index in [4.69, 9.17) is 0 Å². The summed E-state index contributed by atoms with van der Waals surface area (Å²) in [6, 6.07) is 7.97. The maximum absolute atomic E-state index is 12.6. The van der Waals surface area contributed by atoms with Crippen LogP contribution in [-0.4, -0.2) is 48.9 Å². The van der Waals surface area contributed by atoms with Gasteiger partial charge in [-0.1, -0.05) is 37.1 Å². The van der Waals surface area contributed by atoms with Crippen LogP contribution in [0.25, 0.3) is 0 Å². The van der Waals surface area contributed by atoms with Crippen LogP contribution in [0.15, 0.2) is 24.3 Å². The van der Waals surface area contributed by atoms with Gasteiger partial charge in [0, 0.05) is 32.6 Å². The molecule has 0 aliphatic carbocycles. The SMILES string of the molecule is O=C(CCS(=O)(=O)N1CCc2ccccc2C1)N1CCCCCC1. The van der Waals surface area contributed by atoms with Crippen molar-refractivity contribution in [1.82, 2.24) is 9.21 Å². The van der Waals surface area contributed by atoms with Crippen LogP contribution in [-0.2, 0) is 27.8 Å². The van der Waals surface area contributed by atoms with E-state index in [2.05, 4.69) is 6.07 Å². The molecular weight excluding hydrogens is 324 g/mol. The molecule has 0 radical (unpaired) electrons. The molecule has 24 heavy (non-hydrogen) atoms. The Morgan fingerprint density at radius 3 is 2.33 bits per heavy atom. The Hall–Kier alpha value is -1.40. The number of rotatable bonds is 4. The quantitative estimate of drug-likeness (QED) is 0.836. The summed E-state index contributed by atoms with van der Waals surface area (Å²) in [5, 5.41) is 0. The summed E-state index contributed by atoms with van der Waals surface area (Å²) >= 11 is 0. The minimum atomic E-state index is -3.38. The van der Waals surface area contributed by atoms with Crippen molar-refractivity contribution < 1.29 is 13.2 Å². The third-order valence-electron chi connectivity index (χ3n) is 5.02. The summed E-state index contributed by atoms with van der Waals surface area (Å²) in [5.74, 6) is -0.0947. The van der Waals surface area contributed by atoms with Crippen LogP contribution >= 0.6 is 0 Å². The highest BCUT2D eigenvalue weighted by Crippen LogP contribution is 2.21. The van der Waals surface area contributed by atoms with E-state index in [9.17, 15) is 13.2 Å². The Bertz CT molecular complexity index is 679. The molecule has 3 rings (SSSR count). The van der Waals surface area contributed by atoms with Crippen LogP contribution in [0.5, 0.6) is 0 Å². The second-order valence-corrected chi connectivity index (χ2v) is 8.80. The first kappa shape index (κ1) is 17.4. The molecule has 0 unspecified atom stereocenters. The number of carbonyl (C=O) groups is 1. The molecule has 2 aliphatic rings. The molecule has 5 nitrogen and oxygen atoms in total. The lowest BCUT2D eigenvalue weighted by molar-refractivity contribution is -0.130. The summed E-state index contributed by atoms with van der Waals surface area (Å²) in [5.41, 5.74) is 2.30. The van der Waals surface area contributed by atoms with Crippen molar-refractivity contribution in [2.75, 3.05) is 25.4 Å². The van der Waals surface area contributed by atoms with Crippen LogP contribution in [0.3, 0.4) is 0 Å². The molecule has 0 atom stereocenters. The van der Waals surface area contributed by atoms with Crippen LogP contribution in [0, 0.1) is 0 Å². The number of hydrogen-bond acceptors (Lipinski definition) is 3. The topological polar surface area (TPSA) is 57.7 Å². The summed E-state index contributed by atoms with van der Waals surface area (Å²) < 4.78 is 26.7. The third-order valence-corrected chi connectivity index (χ3v) is 6.84. The average Bonchev–Trinajstić information content (AvgIpc) is 2.89. The lowest BCUT2D eigenvalue weighted by atomic mass is 10.0. The molecule has 0 aromatic heterocycles. The van der Waals surface area contributed by atoms with Gasteiger partial charge in [0.15, 0.2) is 0 Å². The van der Waals surface area contributed by atoms with Gasteiger partial charge in [0.05, 0.1) is 5.75 Å². The van der Waals surface area contributed by atoms with Crippen LogP contribution in [0.4, 0.5) is 0 Å². The van der Waals surface area contributed by atoms with Crippen molar-refractivity contribution >= 4 is 15.9 Å². The van der Waals surface area contributed by atoms with Crippen LogP contribution < -0.4 is 0 Å². The molecule has 0 saturated carbocycles. The Morgan fingerprint density at radius 2 is 1.62 bits per heavy atom. The van der Waals surface area contributed by atoms with E-state index in [0.717, 1.165) is 50.8 Å². The monoisotopic (exact) mass is 350 g/mol. The molecular formula is C18H26N2O3S. The fraction of sp³-hybridized carbons (Fsp3) is 0.611. The van der Waals surface area contributed by atoms with Gasteiger partial charge < -0.3 is 4.90 Å². The van der Waals surface area contributed by atoms with E-state index in [1.807, 2.05) is 23.1 Å². The summed E-state index contributed by atoms with van der Waals surface area (Å²) in [6.07, 6.45) is 5.23. The first-order chi connectivity index (χ1) is 11.6. The highest BCUT2D eigenvalue weighted by Gasteiger charge is 2.27. The number of hydrogen-bond donors (Lipinski definition) is 0. The molecule has 132 valence electrons. The van der Waals surface area contributed by atoms with E-state index >= 15 is 0 Å². The first-order valence-corrected chi connectivity index (χ1v) is 10.5. The summed E-state index contributed by atoms with van der Waals surface area (Å²) in [6.45, 7) is 2.49. The minimum Gasteiger partial charge on any atom is -0.343 e. The molecule has 1 aromatic carbocycles. The maximum atomic E-state index is 12.6. The number of benzene rings is 1. The lowest BCUT2D eigenvalue weighted by Crippen LogP contribution is -2.39. The van der Waals surface area contributed by atoms with E-state index in [-0.39, 0.29) is 18.1 Å². The third kappa shape index (κ3) is 4.16. The highest BCUT2D eigenvalue weighted by molar-refractivity contribution is 7.89. The van der Waals surface area contributed by atoms with Gasteiger partial charge in [0.1, 0.15) is 0 Å². The molecule has 1 aromatic rings. The van der Waals surface area contributed by atoms with E-state index in [1.165, 1.54) is 9.87 Å². The molecule has 0 bridgehead atoms. The number of amides is 1. The second kappa shape index (κ2) is 7.66. The molecule has 0 N–H and O–H groups in total. The van der Waals surface area contributed by atoms with Crippen molar-refractivity contribution in [3.63, 3.8) is 0 Å². The highest BCUT2D eigenvalue weighted by atomic mass is 32.2. The Balaban J connectivity index is 1.57. The van der Waals surface area contributed by atoms with Crippen LogP contribution in [0.1, 0.15) is 43.2 Å². The van der Waals surface area contributed by atoms with Crippen LogP contribution in [0.2, 0.25) is 0 Å². The smallest absolute Gasteiger partial charge is 0.223 e. The van der Waals surface area contributed by atoms with Gasteiger partial charge in [0.25, 0.3) is 0 Å². The lowest BCUT2D eigenvalue weighted by Gasteiger charge is -2.28. The number of carbonyl (C=O) groups excluding carboxylic acids is 1. The van der Waals surface area contributed by atoms with Crippen molar-refractivity contribution in [2.45, 2.75) is 45.1 Å². The molecule has 2 aliphatic heterocycles. The van der Waals surface area contributed by atoms with Gasteiger partial charge in [-0.25, -0.2) is 8.42 Å². The largest absolute Gasteiger partial charge is 0.343 e. The minimum absolute atomic E-state index is 0.0158. The summed E-state index contributed by atoms with van der Waals surface area (Å²) in [7, 11) is -3.38. The molecule has 1 fully saturated rings. The van der Waals surface area contributed by atoms with Gasteiger partial charge in [-0.05, 0) is 30.4 Å². The van der Waals surface area contributed by atoms with Gasteiger partial charge in [0.2, 0.25) is 15.9 Å². The van der Waals surface area contributed by atoms with Gasteiger partial charge in [-0.2, -0.15) is 4.31 Å². The number of fused-ring (bicyclic) bond motifs is 1. The van der Waals surface area contributed by atoms with Gasteiger partial charge >= 0.3 is 0 Å². The zero-order valence-corrected chi connectivity index (χ0v) is 14.9. The number of likely N-dealkylation sites (tertiary alicyclic amines) is 1. The first-order valence-electron chi connectivity index (χ1n) is 8.89. The predicted molar refractivity (Wildman–Crippen MR) is 94.0 cm³/mol. The van der Waals surface area contributed by atoms with E-state index in [1.54, 1.807) is 0 Å². The average molecular weight is 350 g/mol. The van der Waals surface area contributed by atoms with Gasteiger partial charge in [-0.3, -0.25) is 4.79 Å². The van der Waals surface area contributed by atoms with Crippen molar-refractivity contribution in [1.29, 1.82) is 0 Å². The molecule has 0 spiro atoms. The second-order valence-electron chi connectivity index (χ2n) is 6.71. The molecule has 1 amide bonds. The Labute approximate surface area is 144 Å². The Kier molecular flexibility index (Phi) is 5.56. The van der Waals surface area contributed by atoms with Crippen molar-refractivity contribution in [3.8, 4) is 0 Å². The summed E-state index contributed by atoms with van der Waals surface area (Å²) in [4.78, 5) is 14.2. The van der Waals surface area contributed by atoms with E-state index < -0.39 is 10.0 Å². The van der Waals surface area contributed by atoms with Crippen molar-refractivity contribution in [3.05, 3.63) is 35.4 Å². The normalized spacial score (nSPS) is 19.6. The molecule has 6 heteroatoms. The molecule has 2 heterocycles. The predicted octanol–water partition coefficient (Wildman–Crippen LogP) is 2.17. The number of nitrogens with zero attached hydrogens (tertiary/aromatic N) is 2. The molecule has 1 saturated heterocycles. The number of sulfonamides is 1. The zero-order valence-electron chi connectivity index (χ0n) is 14.1. The fourth-order valence-electron chi connectivity index (χ4n) is 3.53. The Morgan fingerprint density at radius 1 is 0.958 bits per heavy atom.